The Balaban J connectivity index is 1.58. The zero-order valence-corrected chi connectivity index (χ0v) is 22.3. The smallest absolute Gasteiger partial charge is 0.243 e. The van der Waals surface area contributed by atoms with E-state index in [2.05, 4.69) is 5.32 Å². The summed E-state index contributed by atoms with van der Waals surface area (Å²) in [5.41, 5.74) is 1.78. The Morgan fingerprint density at radius 2 is 1.45 bits per heavy atom. The topological polar surface area (TPSA) is 49.4 Å². The standard InChI is InChI=1S/C31H34F2N2O2S/c32-27-17-9-7-13-24(27)20-35(30(36)22-38-21-25-14-8-10-18-28(25)33)29(19-23-11-3-1-4-12-23)31(37)34-26-15-5-2-6-16-26/h1,3-4,7-14,17-18,26,29H,2,5-6,15-16,19-22H2,(H,34,37). The fourth-order valence-electron chi connectivity index (χ4n) is 4.86. The predicted octanol–water partition coefficient (Wildman–Crippen LogP) is 6.29. The fourth-order valence-corrected chi connectivity index (χ4v) is 5.75. The predicted molar refractivity (Wildman–Crippen MR) is 148 cm³/mol. The molecule has 1 unspecified atom stereocenters. The van der Waals surface area contributed by atoms with Crippen molar-refractivity contribution in [3.05, 3.63) is 107 Å². The van der Waals surface area contributed by atoms with Gasteiger partial charge in [-0.25, -0.2) is 8.78 Å². The van der Waals surface area contributed by atoms with Crippen LogP contribution in [0.1, 0.15) is 48.8 Å². The Morgan fingerprint density at radius 3 is 2.11 bits per heavy atom. The van der Waals surface area contributed by atoms with E-state index in [-0.39, 0.29) is 36.0 Å². The number of benzene rings is 3. The zero-order chi connectivity index (χ0) is 26.7. The highest BCUT2D eigenvalue weighted by molar-refractivity contribution is 7.99. The van der Waals surface area contributed by atoms with Crippen molar-refractivity contribution in [3.63, 3.8) is 0 Å². The number of amides is 2. The molecule has 7 heteroatoms. The Bertz CT molecular complexity index is 1200. The van der Waals surface area contributed by atoms with E-state index in [0.717, 1.165) is 37.7 Å². The van der Waals surface area contributed by atoms with Gasteiger partial charge in [0.2, 0.25) is 11.8 Å². The molecule has 3 aromatic carbocycles. The first-order chi connectivity index (χ1) is 18.5. The monoisotopic (exact) mass is 536 g/mol. The van der Waals surface area contributed by atoms with E-state index in [9.17, 15) is 18.4 Å². The average Bonchev–Trinajstić information content (AvgIpc) is 2.93. The van der Waals surface area contributed by atoms with Crippen LogP contribution in [0.5, 0.6) is 0 Å². The van der Waals surface area contributed by atoms with E-state index in [1.165, 1.54) is 28.8 Å². The minimum absolute atomic E-state index is 0.0264. The second kappa shape index (κ2) is 14.1. The van der Waals surface area contributed by atoms with Gasteiger partial charge in [0.15, 0.2) is 0 Å². The van der Waals surface area contributed by atoms with Crippen molar-refractivity contribution in [1.29, 1.82) is 0 Å². The molecule has 0 bridgehead atoms. The Kier molecular flexibility index (Phi) is 10.3. The van der Waals surface area contributed by atoms with Crippen LogP contribution in [-0.4, -0.2) is 34.6 Å². The number of rotatable bonds is 11. The summed E-state index contributed by atoms with van der Waals surface area (Å²) in [4.78, 5) is 28.9. The van der Waals surface area contributed by atoms with Gasteiger partial charge in [-0.15, -0.1) is 11.8 Å². The van der Waals surface area contributed by atoms with Crippen LogP contribution in [0.15, 0.2) is 78.9 Å². The molecule has 4 rings (SSSR count). The summed E-state index contributed by atoms with van der Waals surface area (Å²) in [5, 5.41) is 3.18. The maximum Gasteiger partial charge on any atom is 0.243 e. The van der Waals surface area contributed by atoms with Gasteiger partial charge in [0.25, 0.3) is 0 Å². The number of nitrogens with one attached hydrogen (secondary N) is 1. The summed E-state index contributed by atoms with van der Waals surface area (Å²) in [6.45, 7) is -0.0264. The van der Waals surface area contributed by atoms with Crippen LogP contribution >= 0.6 is 11.8 Å². The molecule has 1 fully saturated rings. The van der Waals surface area contributed by atoms with E-state index in [0.29, 0.717) is 23.3 Å². The number of hydrogen-bond donors (Lipinski definition) is 1. The first-order valence-corrected chi connectivity index (χ1v) is 14.3. The van der Waals surface area contributed by atoms with E-state index >= 15 is 0 Å². The third kappa shape index (κ3) is 7.90. The van der Waals surface area contributed by atoms with Gasteiger partial charge in [-0.2, -0.15) is 0 Å². The van der Waals surface area contributed by atoms with Crippen LogP contribution in [0.3, 0.4) is 0 Å². The van der Waals surface area contributed by atoms with Gasteiger partial charge >= 0.3 is 0 Å². The number of carbonyl (C=O) groups excluding carboxylic acids is 2. The Hall–Kier alpha value is -3.19. The van der Waals surface area contributed by atoms with Gasteiger partial charge in [-0.1, -0.05) is 86.0 Å². The quantitative estimate of drug-likeness (QED) is 0.314. The molecule has 0 radical (unpaired) electrons. The van der Waals surface area contributed by atoms with Crippen molar-refractivity contribution in [3.8, 4) is 0 Å². The molecule has 1 N–H and O–H groups in total. The molecule has 0 aliphatic heterocycles. The molecule has 1 atom stereocenters. The van der Waals surface area contributed by atoms with Crippen LogP contribution in [0.4, 0.5) is 8.78 Å². The van der Waals surface area contributed by atoms with Crippen LogP contribution in [0, 0.1) is 11.6 Å². The lowest BCUT2D eigenvalue weighted by molar-refractivity contribution is -0.139. The molecular weight excluding hydrogens is 502 g/mol. The second-order valence-corrected chi connectivity index (χ2v) is 10.7. The third-order valence-corrected chi connectivity index (χ3v) is 7.93. The van der Waals surface area contributed by atoms with Gasteiger partial charge in [-0.05, 0) is 36.1 Å². The summed E-state index contributed by atoms with van der Waals surface area (Å²) in [5.74, 6) is -0.868. The van der Waals surface area contributed by atoms with Crippen molar-refractivity contribution in [2.24, 2.45) is 0 Å². The number of thioether (sulfide) groups is 1. The van der Waals surface area contributed by atoms with E-state index < -0.39 is 11.9 Å². The minimum Gasteiger partial charge on any atom is -0.352 e. The summed E-state index contributed by atoms with van der Waals surface area (Å²) in [6, 6.07) is 21.7. The van der Waals surface area contributed by atoms with Crippen molar-refractivity contribution in [2.45, 2.75) is 62.9 Å². The van der Waals surface area contributed by atoms with Crippen molar-refractivity contribution in [1.82, 2.24) is 10.2 Å². The van der Waals surface area contributed by atoms with Gasteiger partial charge in [0.05, 0.1) is 5.75 Å². The molecule has 0 saturated heterocycles. The molecule has 2 amide bonds. The molecular formula is C31H34F2N2O2S. The lowest BCUT2D eigenvalue weighted by Crippen LogP contribution is -2.53. The maximum absolute atomic E-state index is 14.7. The molecule has 38 heavy (non-hydrogen) atoms. The van der Waals surface area contributed by atoms with E-state index in [1.54, 1.807) is 36.4 Å². The number of carbonyl (C=O) groups is 2. The first kappa shape index (κ1) is 27.8. The number of halogens is 2. The van der Waals surface area contributed by atoms with Gasteiger partial charge in [0.1, 0.15) is 17.7 Å². The average molecular weight is 537 g/mol. The van der Waals surface area contributed by atoms with E-state index in [4.69, 9.17) is 0 Å². The first-order valence-electron chi connectivity index (χ1n) is 13.2. The van der Waals surface area contributed by atoms with Gasteiger partial charge in [0, 0.05) is 30.3 Å². The largest absolute Gasteiger partial charge is 0.352 e. The lowest BCUT2D eigenvalue weighted by Gasteiger charge is -2.33. The molecule has 0 heterocycles. The summed E-state index contributed by atoms with van der Waals surface area (Å²) in [7, 11) is 0. The van der Waals surface area contributed by atoms with Crippen LogP contribution in [0.2, 0.25) is 0 Å². The van der Waals surface area contributed by atoms with Crippen LogP contribution < -0.4 is 5.32 Å². The molecule has 1 aliphatic carbocycles. The van der Waals surface area contributed by atoms with Crippen molar-refractivity contribution >= 4 is 23.6 Å². The Morgan fingerprint density at radius 1 is 0.842 bits per heavy atom. The van der Waals surface area contributed by atoms with Crippen molar-refractivity contribution < 1.29 is 18.4 Å². The Labute approximate surface area is 227 Å². The number of hydrogen-bond acceptors (Lipinski definition) is 3. The van der Waals surface area contributed by atoms with Crippen LogP contribution in [-0.2, 0) is 28.3 Å². The highest BCUT2D eigenvalue weighted by Gasteiger charge is 2.32. The highest BCUT2D eigenvalue weighted by atomic mass is 32.2. The third-order valence-electron chi connectivity index (χ3n) is 6.96. The molecule has 1 aliphatic rings. The highest BCUT2D eigenvalue weighted by Crippen LogP contribution is 2.22. The molecule has 3 aromatic rings. The fraction of sp³-hybridized carbons (Fsp3) is 0.355. The normalized spacial score (nSPS) is 14.6. The van der Waals surface area contributed by atoms with Crippen LogP contribution in [0.25, 0.3) is 0 Å². The molecule has 200 valence electrons. The molecule has 1 saturated carbocycles. The minimum atomic E-state index is -0.805. The summed E-state index contributed by atoms with van der Waals surface area (Å²) in [6.07, 6.45) is 5.46. The van der Waals surface area contributed by atoms with Gasteiger partial charge in [-0.3, -0.25) is 9.59 Å². The van der Waals surface area contributed by atoms with E-state index in [1.807, 2.05) is 30.3 Å². The zero-order valence-electron chi connectivity index (χ0n) is 21.5. The maximum atomic E-state index is 14.7. The summed E-state index contributed by atoms with van der Waals surface area (Å²) >= 11 is 1.29. The number of nitrogens with zero attached hydrogens (tertiary/aromatic N) is 1. The summed E-state index contributed by atoms with van der Waals surface area (Å²) < 4.78 is 28.8. The van der Waals surface area contributed by atoms with Gasteiger partial charge < -0.3 is 10.2 Å². The second-order valence-electron chi connectivity index (χ2n) is 9.75. The molecule has 0 spiro atoms. The lowest BCUT2D eigenvalue weighted by atomic mass is 9.94. The van der Waals surface area contributed by atoms with Crippen molar-refractivity contribution in [2.75, 3.05) is 5.75 Å². The SMILES string of the molecule is O=C(NC1CCCCC1)C(Cc1ccccc1)N(Cc1ccccc1F)C(=O)CSCc1ccccc1F. The molecule has 0 aromatic heterocycles. The molecule has 4 nitrogen and oxygen atoms in total.